The fraction of sp³-hybridized carbons (Fsp3) is 0.300. The Morgan fingerprint density at radius 2 is 1.88 bits per heavy atom. The quantitative estimate of drug-likeness (QED) is 0.889. The van der Waals surface area contributed by atoms with Crippen molar-refractivity contribution in [2.45, 2.75) is 23.5 Å². The molecule has 0 saturated heterocycles. The Bertz CT molecular complexity index is 481. The summed E-state index contributed by atoms with van der Waals surface area (Å²) in [4.78, 5) is 10.8. The molecule has 0 spiro atoms. The molecule has 0 aromatic heterocycles. The molecule has 0 saturated carbocycles. The van der Waals surface area contributed by atoms with Crippen LogP contribution in [0.5, 0.6) is 0 Å². The molecule has 1 atom stereocenters. The van der Waals surface area contributed by atoms with Crippen molar-refractivity contribution in [1.29, 1.82) is 0 Å². The van der Waals surface area contributed by atoms with Crippen LogP contribution in [0, 0.1) is 0 Å². The zero-order chi connectivity index (χ0) is 12.3. The number of rotatable bonds is 4. The van der Waals surface area contributed by atoms with E-state index in [-0.39, 0.29) is 11.3 Å². The summed E-state index contributed by atoms with van der Waals surface area (Å²) < 4.78 is 23.9. The number of carbonyl (C=O) groups is 1. The summed E-state index contributed by atoms with van der Waals surface area (Å²) in [6.45, 7) is 1.45. The van der Waals surface area contributed by atoms with Gasteiger partial charge in [0.05, 0.1) is 10.1 Å². The summed E-state index contributed by atoms with van der Waals surface area (Å²) in [6, 6.07) is 5.81. The number of hydrogen-bond donors (Lipinski definition) is 1. The minimum Gasteiger partial charge on any atom is -0.370 e. The van der Waals surface area contributed by atoms with Crippen LogP contribution >= 0.6 is 11.6 Å². The first-order valence-corrected chi connectivity index (χ1v) is 6.54. The molecular formula is C10H12ClNO3S. The predicted octanol–water partition coefficient (Wildman–Crippen LogP) is 1.38. The lowest BCUT2D eigenvalue weighted by molar-refractivity contribution is -0.117. The summed E-state index contributed by atoms with van der Waals surface area (Å²) in [5.41, 5.74) is 4.97. The predicted molar refractivity (Wildman–Crippen MR) is 61.9 cm³/mol. The van der Waals surface area contributed by atoms with Crippen LogP contribution in [0.1, 0.15) is 13.3 Å². The van der Waals surface area contributed by atoms with E-state index in [9.17, 15) is 13.2 Å². The van der Waals surface area contributed by atoms with E-state index in [0.717, 1.165) is 0 Å². The maximum Gasteiger partial charge on any atom is 0.218 e. The molecule has 0 heterocycles. The first kappa shape index (κ1) is 13.0. The third-order valence-electron chi connectivity index (χ3n) is 2.16. The van der Waals surface area contributed by atoms with Crippen LogP contribution in [-0.2, 0) is 14.6 Å². The van der Waals surface area contributed by atoms with Gasteiger partial charge in [0.25, 0.3) is 0 Å². The summed E-state index contributed by atoms with van der Waals surface area (Å²) >= 11 is 5.66. The second-order valence-corrected chi connectivity index (χ2v) is 6.28. The van der Waals surface area contributed by atoms with Gasteiger partial charge in [0.15, 0.2) is 9.84 Å². The Hall–Kier alpha value is -1.07. The Balaban J connectivity index is 3.02. The van der Waals surface area contributed by atoms with Crippen molar-refractivity contribution < 1.29 is 13.2 Å². The Morgan fingerprint density at radius 1 is 1.38 bits per heavy atom. The van der Waals surface area contributed by atoms with E-state index in [4.69, 9.17) is 17.3 Å². The molecule has 0 aliphatic carbocycles. The molecule has 4 nitrogen and oxygen atoms in total. The Labute approximate surface area is 99.3 Å². The zero-order valence-corrected chi connectivity index (χ0v) is 10.3. The van der Waals surface area contributed by atoms with Crippen LogP contribution in [0.4, 0.5) is 0 Å². The van der Waals surface area contributed by atoms with Gasteiger partial charge in [0.1, 0.15) is 0 Å². The fourth-order valence-electron chi connectivity index (χ4n) is 1.25. The highest BCUT2D eigenvalue weighted by Crippen LogP contribution is 2.20. The molecule has 1 amide bonds. The maximum absolute atomic E-state index is 11.9. The highest BCUT2D eigenvalue weighted by Gasteiger charge is 2.24. The molecule has 1 aromatic carbocycles. The van der Waals surface area contributed by atoms with E-state index in [2.05, 4.69) is 0 Å². The number of sulfone groups is 1. The molecule has 0 aliphatic heterocycles. The van der Waals surface area contributed by atoms with Gasteiger partial charge in [0, 0.05) is 11.4 Å². The third-order valence-corrected chi connectivity index (χ3v) is 4.57. The zero-order valence-electron chi connectivity index (χ0n) is 8.68. The summed E-state index contributed by atoms with van der Waals surface area (Å²) in [5.74, 6) is -0.634. The molecule has 1 rings (SSSR count). The molecule has 0 fully saturated rings. The Kier molecular flexibility index (Phi) is 3.93. The lowest BCUT2D eigenvalue weighted by Crippen LogP contribution is -2.25. The number of nitrogens with two attached hydrogens (primary N) is 1. The van der Waals surface area contributed by atoms with Gasteiger partial charge >= 0.3 is 0 Å². The summed E-state index contributed by atoms with van der Waals surface area (Å²) in [7, 11) is -3.51. The van der Waals surface area contributed by atoms with E-state index in [0.29, 0.717) is 5.02 Å². The molecule has 1 unspecified atom stereocenters. The minimum atomic E-state index is -3.51. The molecule has 0 aliphatic rings. The molecule has 1 aromatic rings. The topological polar surface area (TPSA) is 77.2 Å². The van der Waals surface area contributed by atoms with Gasteiger partial charge in [0.2, 0.25) is 5.91 Å². The van der Waals surface area contributed by atoms with Crippen molar-refractivity contribution in [1.82, 2.24) is 0 Å². The molecule has 2 N–H and O–H groups in total. The minimum absolute atomic E-state index is 0.144. The normalized spacial score (nSPS) is 13.4. The maximum atomic E-state index is 11.9. The second-order valence-electron chi connectivity index (χ2n) is 3.48. The average Bonchev–Trinajstić information content (AvgIpc) is 2.17. The number of hydrogen-bond acceptors (Lipinski definition) is 3. The second kappa shape index (κ2) is 4.84. The third kappa shape index (κ3) is 2.96. The summed E-state index contributed by atoms with van der Waals surface area (Å²) in [5, 5.41) is -0.368. The number of carbonyl (C=O) groups excluding carboxylic acids is 1. The van der Waals surface area contributed by atoms with Crippen molar-refractivity contribution in [2.75, 3.05) is 0 Å². The van der Waals surface area contributed by atoms with Crippen LogP contribution in [0.15, 0.2) is 29.2 Å². The highest BCUT2D eigenvalue weighted by molar-refractivity contribution is 7.92. The van der Waals surface area contributed by atoms with Gasteiger partial charge in [-0.3, -0.25) is 4.79 Å². The van der Waals surface area contributed by atoms with E-state index < -0.39 is 21.0 Å². The first-order valence-electron chi connectivity index (χ1n) is 4.62. The highest BCUT2D eigenvalue weighted by atomic mass is 35.5. The van der Waals surface area contributed by atoms with Crippen molar-refractivity contribution in [3.63, 3.8) is 0 Å². The average molecular weight is 262 g/mol. The molecule has 0 bridgehead atoms. The van der Waals surface area contributed by atoms with Gasteiger partial charge < -0.3 is 5.73 Å². The summed E-state index contributed by atoms with van der Waals surface area (Å²) in [6.07, 6.45) is -0.190. The van der Waals surface area contributed by atoms with Crippen molar-refractivity contribution in [3.05, 3.63) is 29.3 Å². The van der Waals surface area contributed by atoms with Crippen LogP contribution in [0.3, 0.4) is 0 Å². The van der Waals surface area contributed by atoms with Crippen LogP contribution in [0.25, 0.3) is 0 Å². The van der Waals surface area contributed by atoms with Gasteiger partial charge in [-0.2, -0.15) is 0 Å². The lowest BCUT2D eigenvalue weighted by atomic mass is 10.3. The van der Waals surface area contributed by atoms with Gasteiger partial charge in [-0.25, -0.2) is 8.42 Å². The number of primary amides is 1. The standard InChI is InChI=1S/C10H12ClNO3S/c1-7(6-10(12)13)16(14,15)9-4-2-8(11)3-5-9/h2-5,7H,6H2,1H3,(H2,12,13). The van der Waals surface area contributed by atoms with Crippen molar-refractivity contribution in [2.24, 2.45) is 5.73 Å². The molecular weight excluding hydrogens is 250 g/mol. The first-order chi connectivity index (χ1) is 7.34. The van der Waals surface area contributed by atoms with Gasteiger partial charge in [-0.15, -0.1) is 0 Å². The van der Waals surface area contributed by atoms with Crippen LogP contribution in [0.2, 0.25) is 5.02 Å². The number of halogens is 1. The van der Waals surface area contributed by atoms with Crippen LogP contribution < -0.4 is 5.73 Å². The number of amides is 1. The van der Waals surface area contributed by atoms with E-state index in [1.54, 1.807) is 0 Å². The van der Waals surface area contributed by atoms with Crippen molar-refractivity contribution in [3.8, 4) is 0 Å². The fourth-order valence-corrected chi connectivity index (χ4v) is 2.74. The smallest absolute Gasteiger partial charge is 0.218 e. The lowest BCUT2D eigenvalue weighted by Gasteiger charge is -2.10. The SMILES string of the molecule is CC(CC(N)=O)S(=O)(=O)c1ccc(Cl)cc1. The molecule has 88 valence electrons. The largest absolute Gasteiger partial charge is 0.370 e. The monoisotopic (exact) mass is 261 g/mol. The molecule has 16 heavy (non-hydrogen) atoms. The molecule has 6 heteroatoms. The molecule has 0 radical (unpaired) electrons. The number of benzene rings is 1. The van der Waals surface area contributed by atoms with E-state index in [1.165, 1.54) is 31.2 Å². The van der Waals surface area contributed by atoms with Crippen molar-refractivity contribution >= 4 is 27.3 Å². The van der Waals surface area contributed by atoms with Gasteiger partial charge in [-0.1, -0.05) is 11.6 Å². The van der Waals surface area contributed by atoms with Crippen LogP contribution in [-0.4, -0.2) is 19.6 Å². The Morgan fingerprint density at radius 3 is 2.31 bits per heavy atom. The van der Waals surface area contributed by atoms with Gasteiger partial charge in [-0.05, 0) is 31.2 Å². The van der Waals surface area contributed by atoms with E-state index in [1.807, 2.05) is 0 Å². The van der Waals surface area contributed by atoms with E-state index >= 15 is 0 Å².